The van der Waals surface area contributed by atoms with Crippen LogP contribution in [0.2, 0.25) is 10.0 Å². The Kier molecular flexibility index (Phi) is 8.08. The number of fused-ring (bicyclic) bond motifs is 1. The van der Waals surface area contributed by atoms with Crippen LogP contribution in [0.25, 0.3) is 27.7 Å². The zero-order chi connectivity index (χ0) is 29.4. The van der Waals surface area contributed by atoms with Gasteiger partial charge in [-0.05, 0) is 78.4 Å². The van der Waals surface area contributed by atoms with Crippen LogP contribution in [0.1, 0.15) is 12.5 Å². The minimum Gasteiger partial charge on any atom is -0.488 e. The maximum absolute atomic E-state index is 14.1. The van der Waals surface area contributed by atoms with E-state index in [1.165, 1.54) is 6.07 Å². The van der Waals surface area contributed by atoms with Crippen molar-refractivity contribution in [2.24, 2.45) is 7.05 Å². The molecule has 12 heteroatoms. The number of nitrogens with one attached hydrogen (secondary N) is 1. The first-order valence-corrected chi connectivity index (χ1v) is 13.7. The first kappa shape index (κ1) is 28.7. The number of carbonyl (C=O) groups is 2. The number of aryl methyl sites for hydroxylation is 1. The SMILES string of the molecule is C/C(=C1\SC(=O)NC1=O)c1ccc(OCCOc2c(-c3ccc(F)c(F)c3)n(C)c3cc(Cl)ccc3c2=O)c(Cl)c1. The lowest BCUT2D eigenvalue weighted by Crippen LogP contribution is -2.18. The van der Waals surface area contributed by atoms with E-state index in [0.29, 0.717) is 37.7 Å². The lowest BCUT2D eigenvalue weighted by atomic mass is 10.1. The summed E-state index contributed by atoms with van der Waals surface area (Å²) in [4.78, 5) is 37.2. The van der Waals surface area contributed by atoms with Crippen LogP contribution >= 0.6 is 35.0 Å². The Morgan fingerprint density at radius 1 is 0.951 bits per heavy atom. The number of benzene rings is 3. The summed E-state index contributed by atoms with van der Waals surface area (Å²) in [5.41, 5.74) is 1.74. The van der Waals surface area contributed by atoms with Crippen molar-refractivity contribution in [1.29, 1.82) is 0 Å². The topological polar surface area (TPSA) is 86.6 Å². The number of allylic oxidation sites excluding steroid dienone is 1. The van der Waals surface area contributed by atoms with Gasteiger partial charge in [0.05, 0.1) is 21.1 Å². The van der Waals surface area contributed by atoms with Gasteiger partial charge in [-0.1, -0.05) is 29.3 Å². The second kappa shape index (κ2) is 11.6. The van der Waals surface area contributed by atoms with Crippen LogP contribution in [0.3, 0.4) is 0 Å². The highest BCUT2D eigenvalue weighted by atomic mass is 35.5. The largest absolute Gasteiger partial charge is 0.488 e. The Bertz CT molecular complexity index is 1840. The zero-order valence-corrected chi connectivity index (χ0v) is 23.8. The minimum atomic E-state index is -1.07. The number of thioether (sulfide) groups is 1. The van der Waals surface area contributed by atoms with E-state index < -0.39 is 28.2 Å². The summed E-state index contributed by atoms with van der Waals surface area (Å²) in [5, 5.41) is 2.78. The molecule has 0 spiro atoms. The normalized spacial score (nSPS) is 14.4. The molecule has 210 valence electrons. The van der Waals surface area contributed by atoms with Crippen LogP contribution in [0, 0.1) is 11.6 Å². The molecule has 2 amide bonds. The Hall–Kier alpha value is -3.86. The third kappa shape index (κ3) is 5.68. The highest BCUT2D eigenvalue weighted by Gasteiger charge is 2.28. The third-order valence-corrected chi connectivity index (χ3v) is 7.94. The van der Waals surface area contributed by atoms with Crippen LogP contribution in [-0.2, 0) is 11.8 Å². The maximum atomic E-state index is 14.1. The van der Waals surface area contributed by atoms with E-state index >= 15 is 0 Å². The molecule has 3 aromatic carbocycles. The van der Waals surface area contributed by atoms with Crippen molar-refractivity contribution >= 4 is 62.6 Å². The molecule has 1 N–H and O–H groups in total. The first-order chi connectivity index (χ1) is 19.5. The number of nitrogens with zero attached hydrogens (tertiary/aromatic N) is 1. The first-order valence-electron chi connectivity index (χ1n) is 12.1. The number of imide groups is 1. The average Bonchev–Trinajstić information content (AvgIpc) is 3.28. The fraction of sp³-hybridized carbons (Fsp3) is 0.138. The van der Waals surface area contributed by atoms with E-state index in [1.807, 2.05) is 0 Å². The third-order valence-electron chi connectivity index (χ3n) is 6.42. The number of amides is 2. The van der Waals surface area contributed by atoms with E-state index in [-0.39, 0.29) is 35.2 Å². The standard InChI is InChI=1S/C29H20Cl2F2N2O5S/c1-14(27-28(37)34-29(38)41-27)15-4-8-23(19(31)11-15)39-9-10-40-26-24(16-3-7-20(32)21(33)12-16)35(2)22-13-17(30)5-6-18(22)25(26)36/h3-8,11-13H,9-10H2,1-2H3,(H,34,37,38)/b27-14+. The Labute approximate surface area is 246 Å². The fourth-order valence-electron chi connectivity index (χ4n) is 4.42. The van der Waals surface area contributed by atoms with Gasteiger partial charge in [-0.3, -0.25) is 19.7 Å². The van der Waals surface area contributed by atoms with Crippen LogP contribution in [0.4, 0.5) is 13.6 Å². The highest BCUT2D eigenvalue weighted by molar-refractivity contribution is 8.18. The molecule has 0 saturated carbocycles. The number of hydrogen-bond acceptors (Lipinski definition) is 6. The molecule has 7 nitrogen and oxygen atoms in total. The van der Waals surface area contributed by atoms with Crippen LogP contribution in [-0.4, -0.2) is 28.9 Å². The molecule has 2 heterocycles. The van der Waals surface area contributed by atoms with Crippen LogP contribution < -0.4 is 20.2 Å². The maximum Gasteiger partial charge on any atom is 0.290 e. The summed E-state index contributed by atoms with van der Waals surface area (Å²) >= 11 is 13.4. The summed E-state index contributed by atoms with van der Waals surface area (Å²) in [6.45, 7) is 1.62. The quantitative estimate of drug-likeness (QED) is 0.178. The van der Waals surface area contributed by atoms with Gasteiger partial charge in [0.25, 0.3) is 11.1 Å². The number of ether oxygens (including phenoxy) is 2. The van der Waals surface area contributed by atoms with Crippen molar-refractivity contribution in [3.05, 3.63) is 97.0 Å². The molecule has 0 atom stereocenters. The van der Waals surface area contributed by atoms with E-state index in [2.05, 4.69) is 5.32 Å². The van der Waals surface area contributed by atoms with Crippen molar-refractivity contribution in [2.75, 3.05) is 13.2 Å². The van der Waals surface area contributed by atoms with Crippen molar-refractivity contribution in [3.63, 3.8) is 0 Å². The van der Waals surface area contributed by atoms with Gasteiger partial charge in [-0.2, -0.15) is 0 Å². The van der Waals surface area contributed by atoms with E-state index in [4.69, 9.17) is 32.7 Å². The molecule has 1 aromatic heterocycles. The van der Waals surface area contributed by atoms with Crippen molar-refractivity contribution < 1.29 is 27.8 Å². The lowest BCUT2D eigenvalue weighted by molar-refractivity contribution is -0.115. The Balaban J connectivity index is 1.39. The molecule has 1 aliphatic rings. The molecule has 41 heavy (non-hydrogen) atoms. The molecule has 0 unspecified atom stereocenters. The smallest absolute Gasteiger partial charge is 0.290 e. The number of rotatable bonds is 7. The molecule has 4 aromatic rings. The van der Waals surface area contributed by atoms with Gasteiger partial charge >= 0.3 is 0 Å². The molecule has 0 aliphatic carbocycles. The van der Waals surface area contributed by atoms with Crippen LogP contribution in [0.15, 0.2) is 64.3 Å². The number of pyridine rings is 1. The van der Waals surface area contributed by atoms with E-state index in [9.17, 15) is 23.2 Å². The fourth-order valence-corrected chi connectivity index (χ4v) is 5.56. The van der Waals surface area contributed by atoms with Gasteiger partial charge in [0, 0.05) is 23.0 Å². The van der Waals surface area contributed by atoms with Gasteiger partial charge in [-0.25, -0.2) is 8.78 Å². The van der Waals surface area contributed by atoms with Gasteiger partial charge in [-0.15, -0.1) is 0 Å². The van der Waals surface area contributed by atoms with Crippen molar-refractivity contribution in [3.8, 4) is 22.8 Å². The molecular formula is C29H20Cl2F2N2O5S. The molecule has 1 saturated heterocycles. The number of halogens is 4. The van der Waals surface area contributed by atoms with Crippen LogP contribution in [0.5, 0.6) is 11.5 Å². The summed E-state index contributed by atoms with van der Waals surface area (Å²) < 4.78 is 41.1. The predicted octanol–water partition coefficient (Wildman–Crippen LogP) is 6.96. The lowest BCUT2D eigenvalue weighted by Gasteiger charge is -2.18. The van der Waals surface area contributed by atoms with E-state index in [1.54, 1.807) is 54.9 Å². The van der Waals surface area contributed by atoms with Crippen molar-refractivity contribution in [1.82, 2.24) is 9.88 Å². The monoisotopic (exact) mass is 616 g/mol. The summed E-state index contributed by atoms with van der Waals surface area (Å²) in [7, 11) is 1.67. The van der Waals surface area contributed by atoms with Gasteiger partial charge in [0.2, 0.25) is 5.43 Å². The number of hydrogen-bond donors (Lipinski definition) is 1. The van der Waals surface area contributed by atoms with E-state index in [0.717, 1.165) is 23.9 Å². The minimum absolute atomic E-state index is 0.00900. The molecule has 0 bridgehead atoms. The van der Waals surface area contributed by atoms with Gasteiger partial charge < -0.3 is 14.0 Å². The second-order valence-corrected chi connectivity index (χ2v) is 10.8. The summed E-state index contributed by atoms with van der Waals surface area (Å²) in [6, 6.07) is 13.0. The van der Waals surface area contributed by atoms with Gasteiger partial charge in [0.1, 0.15) is 19.0 Å². The molecule has 0 radical (unpaired) electrons. The Morgan fingerprint density at radius 2 is 1.71 bits per heavy atom. The molecule has 1 aliphatic heterocycles. The van der Waals surface area contributed by atoms with Gasteiger partial charge in [0.15, 0.2) is 17.4 Å². The highest BCUT2D eigenvalue weighted by Crippen LogP contribution is 2.35. The Morgan fingerprint density at radius 3 is 2.39 bits per heavy atom. The molecule has 1 fully saturated rings. The predicted molar refractivity (Wildman–Crippen MR) is 156 cm³/mol. The molecule has 5 rings (SSSR count). The average molecular weight is 617 g/mol. The second-order valence-electron chi connectivity index (χ2n) is 9.00. The van der Waals surface area contributed by atoms with Crippen molar-refractivity contribution in [2.45, 2.75) is 6.92 Å². The number of aromatic nitrogens is 1. The summed E-state index contributed by atoms with van der Waals surface area (Å²) in [6.07, 6.45) is 0. The zero-order valence-electron chi connectivity index (χ0n) is 21.5. The number of carbonyl (C=O) groups excluding carboxylic acids is 2. The molecular weight excluding hydrogens is 597 g/mol. The summed E-state index contributed by atoms with van der Waals surface area (Å²) in [5.74, 6) is -2.29.